The number of rotatable bonds is 2. The molecule has 0 aliphatic heterocycles. The van der Waals surface area contributed by atoms with E-state index >= 15 is 0 Å². The maximum atomic E-state index is 12.3. The Labute approximate surface area is 88.3 Å². The maximum absolute atomic E-state index is 12.3. The highest BCUT2D eigenvalue weighted by atomic mass is 32.1. The minimum atomic E-state index is -4.44. The van der Waals surface area contributed by atoms with Gasteiger partial charge in [-0.1, -0.05) is 0 Å². The normalized spacial score (nSPS) is 11.5. The minimum Gasteiger partial charge on any atom is -0.359 e. The number of carbonyl (C=O) groups excluding carboxylic acids is 1. The van der Waals surface area contributed by atoms with Crippen molar-refractivity contribution in [1.82, 2.24) is 10.3 Å². The lowest BCUT2D eigenvalue weighted by Gasteiger charge is -2.02. The molecule has 1 rings (SSSR count). The summed E-state index contributed by atoms with van der Waals surface area (Å²) in [5.41, 5.74) is -0.897. The van der Waals surface area contributed by atoms with E-state index in [-0.39, 0.29) is 22.2 Å². The highest BCUT2D eigenvalue weighted by Crippen LogP contribution is 2.33. The Morgan fingerprint density at radius 1 is 1.53 bits per heavy atom. The molecule has 0 spiro atoms. The van der Waals surface area contributed by atoms with Gasteiger partial charge in [0.1, 0.15) is 5.01 Å². The predicted molar refractivity (Wildman–Crippen MR) is 49.6 cm³/mol. The van der Waals surface area contributed by atoms with Crippen molar-refractivity contribution in [3.05, 3.63) is 15.6 Å². The Balaban J connectivity index is 2.91. The number of likely N-dealkylation sites (N-methyl/N-ethyl adjacent to an activating group) is 1. The van der Waals surface area contributed by atoms with Crippen LogP contribution in [0.4, 0.5) is 13.2 Å². The third kappa shape index (κ3) is 2.92. The van der Waals surface area contributed by atoms with Crippen LogP contribution in [0.1, 0.15) is 15.6 Å². The van der Waals surface area contributed by atoms with Crippen LogP contribution in [0.3, 0.4) is 0 Å². The number of hydrogen-bond donors (Lipinski definition) is 1. The largest absolute Gasteiger partial charge is 0.434 e. The highest BCUT2D eigenvalue weighted by molar-refractivity contribution is 7.11. The number of aromatic nitrogens is 1. The van der Waals surface area contributed by atoms with Crippen LogP contribution >= 0.6 is 11.3 Å². The quantitative estimate of drug-likeness (QED) is 0.853. The van der Waals surface area contributed by atoms with E-state index < -0.39 is 11.9 Å². The molecule has 1 heterocycles. The molecule has 3 nitrogen and oxygen atoms in total. The molecular weight excluding hydrogens is 229 g/mol. The molecule has 0 radical (unpaired) electrons. The van der Waals surface area contributed by atoms with Crippen LogP contribution in [0.5, 0.6) is 0 Å². The lowest BCUT2D eigenvalue weighted by atomic mass is 10.3. The zero-order valence-corrected chi connectivity index (χ0v) is 8.92. The molecule has 0 aliphatic carbocycles. The molecule has 0 bridgehead atoms. The number of aryl methyl sites for hydroxylation is 1. The average molecular weight is 238 g/mol. The number of hydrogen-bond acceptors (Lipinski definition) is 3. The fourth-order valence-corrected chi connectivity index (χ4v) is 1.97. The van der Waals surface area contributed by atoms with Gasteiger partial charge in [0.15, 0.2) is 5.69 Å². The number of nitrogens with one attached hydrogen (secondary N) is 1. The molecule has 0 aromatic carbocycles. The molecule has 1 N–H and O–H groups in total. The van der Waals surface area contributed by atoms with E-state index in [1.807, 2.05) is 0 Å². The highest BCUT2D eigenvalue weighted by Gasteiger charge is 2.36. The van der Waals surface area contributed by atoms with Crippen LogP contribution in [0, 0.1) is 6.92 Å². The second-order valence-corrected chi connectivity index (χ2v) is 4.15. The van der Waals surface area contributed by atoms with Gasteiger partial charge in [-0.15, -0.1) is 11.3 Å². The molecule has 0 fully saturated rings. The summed E-state index contributed by atoms with van der Waals surface area (Å²) >= 11 is 0.893. The van der Waals surface area contributed by atoms with Gasteiger partial charge in [-0.25, -0.2) is 4.98 Å². The molecule has 0 aliphatic rings. The molecule has 0 saturated heterocycles. The molecule has 0 atom stereocenters. The first-order valence-corrected chi connectivity index (χ1v) is 4.90. The van der Waals surface area contributed by atoms with Gasteiger partial charge in [-0.2, -0.15) is 13.2 Å². The first kappa shape index (κ1) is 12.0. The smallest absolute Gasteiger partial charge is 0.359 e. The van der Waals surface area contributed by atoms with Crippen molar-refractivity contribution in [3.63, 3.8) is 0 Å². The van der Waals surface area contributed by atoms with E-state index in [0.29, 0.717) is 0 Å². The summed E-state index contributed by atoms with van der Waals surface area (Å²) in [5, 5.41) is 2.51. The molecule has 15 heavy (non-hydrogen) atoms. The fraction of sp³-hybridized carbons (Fsp3) is 0.500. The Bertz CT molecular complexity index is 372. The van der Waals surface area contributed by atoms with Crippen molar-refractivity contribution in [2.45, 2.75) is 19.5 Å². The summed E-state index contributed by atoms with van der Waals surface area (Å²) < 4.78 is 37.0. The SMILES string of the molecule is CNC(=O)Cc1nc(C(F)(F)F)c(C)s1. The Hall–Kier alpha value is -1.11. The van der Waals surface area contributed by atoms with Crippen LogP contribution in [0.15, 0.2) is 0 Å². The van der Waals surface area contributed by atoms with Crippen LogP contribution in [0.2, 0.25) is 0 Å². The average Bonchev–Trinajstić information content (AvgIpc) is 2.45. The molecule has 84 valence electrons. The molecule has 0 unspecified atom stereocenters. The summed E-state index contributed by atoms with van der Waals surface area (Å²) in [6.07, 6.45) is -4.56. The van der Waals surface area contributed by atoms with E-state index in [4.69, 9.17) is 0 Å². The van der Waals surface area contributed by atoms with Gasteiger partial charge in [-0.3, -0.25) is 4.79 Å². The van der Waals surface area contributed by atoms with Gasteiger partial charge >= 0.3 is 6.18 Å². The number of carbonyl (C=O) groups is 1. The van der Waals surface area contributed by atoms with Crippen molar-refractivity contribution < 1.29 is 18.0 Å². The maximum Gasteiger partial charge on any atom is 0.434 e. The van der Waals surface area contributed by atoms with Crippen LogP contribution < -0.4 is 5.32 Å². The number of nitrogens with zero attached hydrogens (tertiary/aromatic N) is 1. The van der Waals surface area contributed by atoms with Gasteiger partial charge in [0, 0.05) is 11.9 Å². The second kappa shape index (κ2) is 4.18. The first-order chi connectivity index (χ1) is 6.84. The number of alkyl halides is 3. The van der Waals surface area contributed by atoms with E-state index in [1.165, 1.54) is 14.0 Å². The van der Waals surface area contributed by atoms with Crippen molar-refractivity contribution in [3.8, 4) is 0 Å². The lowest BCUT2D eigenvalue weighted by Crippen LogP contribution is -2.20. The lowest BCUT2D eigenvalue weighted by molar-refractivity contribution is -0.141. The monoisotopic (exact) mass is 238 g/mol. The van der Waals surface area contributed by atoms with Gasteiger partial charge < -0.3 is 5.32 Å². The van der Waals surface area contributed by atoms with Gasteiger partial charge in [0.25, 0.3) is 0 Å². The van der Waals surface area contributed by atoms with Crippen molar-refractivity contribution in [2.24, 2.45) is 0 Å². The zero-order chi connectivity index (χ0) is 11.6. The molecule has 0 saturated carbocycles. The van der Waals surface area contributed by atoms with E-state index in [9.17, 15) is 18.0 Å². The molecular formula is C8H9F3N2OS. The number of thiazole rings is 1. The third-order valence-corrected chi connectivity index (χ3v) is 2.67. The fourth-order valence-electron chi connectivity index (χ4n) is 1.02. The van der Waals surface area contributed by atoms with Gasteiger partial charge in [0.05, 0.1) is 6.42 Å². The van der Waals surface area contributed by atoms with Crippen LogP contribution in [0.25, 0.3) is 0 Å². The van der Waals surface area contributed by atoms with Crippen molar-refractivity contribution in [1.29, 1.82) is 0 Å². The Morgan fingerprint density at radius 3 is 2.53 bits per heavy atom. The van der Waals surface area contributed by atoms with E-state index in [1.54, 1.807) is 0 Å². The van der Waals surface area contributed by atoms with Crippen LogP contribution in [-0.2, 0) is 17.4 Å². The van der Waals surface area contributed by atoms with E-state index in [2.05, 4.69) is 10.3 Å². The van der Waals surface area contributed by atoms with E-state index in [0.717, 1.165) is 11.3 Å². The second-order valence-electron chi connectivity index (χ2n) is 2.86. The zero-order valence-electron chi connectivity index (χ0n) is 8.10. The van der Waals surface area contributed by atoms with Gasteiger partial charge in [-0.05, 0) is 6.92 Å². The standard InChI is InChI=1S/C8H9F3N2OS/c1-4-7(8(9,10)11)13-6(15-4)3-5(14)12-2/h3H2,1-2H3,(H,12,14). The third-order valence-electron chi connectivity index (χ3n) is 1.70. The summed E-state index contributed by atoms with van der Waals surface area (Å²) in [4.78, 5) is 14.4. The Kier molecular flexibility index (Phi) is 3.33. The van der Waals surface area contributed by atoms with Crippen LogP contribution in [-0.4, -0.2) is 17.9 Å². The minimum absolute atomic E-state index is 0.0846. The molecule has 1 aromatic rings. The molecule has 1 amide bonds. The summed E-state index contributed by atoms with van der Waals surface area (Å²) in [6.45, 7) is 1.34. The molecule has 1 aromatic heterocycles. The number of amides is 1. The summed E-state index contributed by atoms with van der Waals surface area (Å²) in [5.74, 6) is -0.350. The first-order valence-electron chi connectivity index (χ1n) is 4.08. The predicted octanol–water partition coefficient (Wildman–Crippen LogP) is 1.76. The molecule has 7 heteroatoms. The summed E-state index contributed by atoms with van der Waals surface area (Å²) in [7, 11) is 1.42. The van der Waals surface area contributed by atoms with Gasteiger partial charge in [0.2, 0.25) is 5.91 Å². The summed E-state index contributed by atoms with van der Waals surface area (Å²) in [6, 6.07) is 0. The Morgan fingerprint density at radius 2 is 2.13 bits per heavy atom. The topological polar surface area (TPSA) is 42.0 Å². The van der Waals surface area contributed by atoms with Crippen molar-refractivity contribution >= 4 is 17.2 Å². The van der Waals surface area contributed by atoms with Crippen molar-refractivity contribution in [2.75, 3.05) is 7.05 Å². The number of halogens is 3.